The Hall–Kier alpha value is -0.870. The van der Waals surface area contributed by atoms with Gasteiger partial charge in [0.2, 0.25) is 0 Å². The summed E-state index contributed by atoms with van der Waals surface area (Å²) in [5, 5.41) is 4.38. The first-order chi connectivity index (χ1) is 9.67. The SMILES string of the molecule is CCCN1C[C@H]2CC[C@@H]1CN(Cc1cnn(C)c1C)C2. The summed E-state index contributed by atoms with van der Waals surface area (Å²) in [6.45, 7) is 10.7. The van der Waals surface area contributed by atoms with Gasteiger partial charge in [-0.25, -0.2) is 0 Å². The fourth-order valence-electron chi connectivity index (χ4n) is 3.91. The van der Waals surface area contributed by atoms with Gasteiger partial charge in [-0.1, -0.05) is 6.92 Å². The number of piperidine rings is 1. The Morgan fingerprint density at radius 3 is 2.80 bits per heavy atom. The van der Waals surface area contributed by atoms with Crippen molar-refractivity contribution in [2.45, 2.75) is 45.7 Å². The van der Waals surface area contributed by atoms with Crippen LogP contribution in [0.15, 0.2) is 6.20 Å². The van der Waals surface area contributed by atoms with Crippen LogP contribution in [0.5, 0.6) is 0 Å². The molecule has 0 aromatic carbocycles. The maximum atomic E-state index is 4.38. The molecule has 0 aliphatic carbocycles. The average molecular weight is 276 g/mol. The lowest BCUT2D eigenvalue weighted by Gasteiger charge is -2.35. The highest BCUT2D eigenvalue weighted by atomic mass is 15.3. The molecule has 3 aliphatic heterocycles. The predicted molar refractivity (Wildman–Crippen MR) is 81.6 cm³/mol. The zero-order valence-electron chi connectivity index (χ0n) is 13.2. The third-order valence-electron chi connectivity index (χ3n) is 5.14. The van der Waals surface area contributed by atoms with E-state index in [0.717, 1.165) is 18.5 Å². The summed E-state index contributed by atoms with van der Waals surface area (Å²) in [4.78, 5) is 5.41. The predicted octanol–water partition coefficient (Wildman–Crippen LogP) is 2.03. The van der Waals surface area contributed by atoms with Crippen LogP contribution in [-0.4, -0.2) is 51.8 Å². The summed E-state index contributed by atoms with van der Waals surface area (Å²) in [7, 11) is 2.04. The topological polar surface area (TPSA) is 24.3 Å². The van der Waals surface area contributed by atoms with E-state index in [0.29, 0.717) is 0 Å². The molecule has 0 N–H and O–H groups in total. The van der Waals surface area contributed by atoms with Gasteiger partial charge in [0.15, 0.2) is 0 Å². The highest BCUT2D eigenvalue weighted by Crippen LogP contribution is 2.29. The Balaban J connectivity index is 1.68. The number of nitrogens with zero attached hydrogens (tertiary/aromatic N) is 4. The van der Waals surface area contributed by atoms with E-state index in [4.69, 9.17) is 0 Å². The van der Waals surface area contributed by atoms with E-state index in [2.05, 4.69) is 28.7 Å². The van der Waals surface area contributed by atoms with Crippen LogP contribution >= 0.6 is 0 Å². The quantitative estimate of drug-likeness (QED) is 0.841. The smallest absolute Gasteiger partial charge is 0.0537 e. The van der Waals surface area contributed by atoms with Gasteiger partial charge in [0, 0.05) is 50.5 Å². The molecule has 4 heteroatoms. The summed E-state index contributed by atoms with van der Waals surface area (Å²) in [5.41, 5.74) is 2.71. The van der Waals surface area contributed by atoms with Gasteiger partial charge in [-0.05, 0) is 38.6 Å². The van der Waals surface area contributed by atoms with Crippen molar-refractivity contribution in [3.8, 4) is 0 Å². The number of fused-ring (bicyclic) bond motifs is 4. The molecule has 3 saturated heterocycles. The average Bonchev–Trinajstić information content (AvgIpc) is 2.62. The minimum atomic E-state index is 0.783. The molecule has 1 aromatic heterocycles. The monoisotopic (exact) mass is 276 g/mol. The van der Waals surface area contributed by atoms with E-state index in [1.807, 2.05) is 17.9 Å². The molecule has 20 heavy (non-hydrogen) atoms. The number of hydrogen-bond acceptors (Lipinski definition) is 3. The van der Waals surface area contributed by atoms with Gasteiger partial charge in [-0.2, -0.15) is 5.10 Å². The third kappa shape index (κ3) is 2.77. The van der Waals surface area contributed by atoms with Crippen molar-refractivity contribution in [3.05, 3.63) is 17.5 Å². The lowest BCUT2D eigenvalue weighted by Crippen LogP contribution is -2.44. The van der Waals surface area contributed by atoms with E-state index in [-0.39, 0.29) is 0 Å². The van der Waals surface area contributed by atoms with Crippen LogP contribution in [0.3, 0.4) is 0 Å². The Labute approximate surface area is 122 Å². The molecular formula is C16H28N4. The number of aryl methyl sites for hydroxylation is 1. The molecular weight excluding hydrogens is 248 g/mol. The van der Waals surface area contributed by atoms with E-state index in [9.17, 15) is 0 Å². The summed E-state index contributed by atoms with van der Waals surface area (Å²) in [6.07, 6.45) is 6.15. The number of hydrogen-bond donors (Lipinski definition) is 0. The lowest BCUT2D eigenvalue weighted by atomic mass is 9.95. The van der Waals surface area contributed by atoms with Gasteiger partial charge in [0.1, 0.15) is 0 Å². The standard InChI is InChI=1S/C16H28N4/c1-4-7-20-10-14-5-6-16(20)12-19(9-14)11-15-8-17-18(3)13(15)2/h8,14,16H,4-7,9-12H2,1-3H3/t14-,16+/m0/s1. The largest absolute Gasteiger partial charge is 0.299 e. The van der Waals surface area contributed by atoms with Gasteiger partial charge < -0.3 is 0 Å². The maximum Gasteiger partial charge on any atom is 0.0537 e. The van der Waals surface area contributed by atoms with E-state index < -0.39 is 0 Å². The first-order valence-electron chi connectivity index (χ1n) is 8.11. The van der Waals surface area contributed by atoms with E-state index >= 15 is 0 Å². The van der Waals surface area contributed by atoms with Gasteiger partial charge in [-0.15, -0.1) is 0 Å². The first-order valence-corrected chi connectivity index (χ1v) is 8.11. The molecule has 0 unspecified atom stereocenters. The minimum Gasteiger partial charge on any atom is -0.299 e. The van der Waals surface area contributed by atoms with Crippen molar-refractivity contribution in [1.29, 1.82) is 0 Å². The molecule has 0 radical (unpaired) electrons. The molecule has 3 fully saturated rings. The molecule has 4 rings (SSSR count). The van der Waals surface area contributed by atoms with Crippen LogP contribution in [0, 0.1) is 12.8 Å². The molecule has 2 atom stereocenters. The zero-order chi connectivity index (χ0) is 14.1. The fraction of sp³-hybridized carbons (Fsp3) is 0.812. The van der Waals surface area contributed by atoms with Crippen LogP contribution in [0.1, 0.15) is 37.4 Å². The second-order valence-corrected chi connectivity index (χ2v) is 6.67. The summed E-state index contributed by atoms with van der Waals surface area (Å²) in [6, 6.07) is 0.783. The number of aromatic nitrogens is 2. The van der Waals surface area contributed by atoms with E-state index in [1.54, 1.807) is 0 Å². The Bertz CT molecular complexity index is 453. The Morgan fingerprint density at radius 1 is 1.25 bits per heavy atom. The highest BCUT2D eigenvalue weighted by molar-refractivity contribution is 5.15. The molecule has 0 amide bonds. The number of rotatable bonds is 4. The van der Waals surface area contributed by atoms with Crippen molar-refractivity contribution in [3.63, 3.8) is 0 Å². The Kier molecular flexibility index (Phi) is 4.13. The van der Waals surface area contributed by atoms with Gasteiger partial charge in [0.05, 0.1) is 6.20 Å². The molecule has 112 valence electrons. The van der Waals surface area contributed by atoms with Crippen LogP contribution in [-0.2, 0) is 13.6 Å². The van der Waals surface area contributed by atoms with Gasteiger partial charge in [0.25, 0.3) is 0 Å². The minimum absolute atomic E-state index is 0.783. The maximum absolute atomic E-state index is 4.38. The van der Waals surface area contributed by atoms with Gasteiger partial charge >= 0.3 is 0 Å². The van der Waals surface area contributed by atoms with E-state index in [1.165, 1.54) is 56.7 Å². The van der Waals surface area contributed by atoms with Crippen molar-refractivity contribution in [1.82, 2.24) is 19.6 Å². The van der Waals surface area contributed by atoms with Gasteiger partial charge in [-0.3, -0.25) is 14.5 Å². The zero-order valence-corrected chi connectivity index (χ0v) is 13.2. The normalized spacial score (nSPS) is 27.9. The van der Waals surface area contributed by atoms with Crippen LogP contribution in [0.4, 0.5) is 0 Å². The summed E-state index contributed by atoms with van der Waals surface area (Å²) >= 11 is 0. The molecule has 3 aliphatic rings. The second-order valence-electron chi connectivity index (χ2n) is 6.67. The molecule has 0 spiro atoms. The molecule has 2 bridgehead atoms. The molecule has 4 nitrogen and oxygen atoms in total. The molecule has 1 aromatic rings. The lowest BCUT2D eigenvalue weighted by molar-refractivity contribution is 0.131. The molecule has 4 heterocycles. The summed E-state index contributed by atoms with van der Waals surface area (Å²) < 4.78 is 1.99. The second kappa shape index (κ2) is 5.86. The summed E-state index contributed by atoms with van der Waals surface area (Å²) in [5.74, 6) is 0.872. The van der Waals surface area contributed by atoms with Crippen LogP contribution in [0.2, 0.25) is 0 Å². The van der Waals surface area contributed by atoms with Crippen molar-refractivity contribution < 1.29 is 0 Å². The van der Waals surface area contributed by atoms with Crippen molar-refractivity contribution in [2.75, 3.05) is 26.2 Å². The van der Waals surface area contributed by atoms with Crippen molar-refractivity contribution >= 4 is 0 Å². The van der Waals surface area contributed by atoms with Crippen LogP contribution < -0.4 is 0 Å². The van der Waals surface area contributed by atoms with Crippen LogP contribution in [0.25, 0.3) is 0 Å². The fourth-order valence-corrected chi connectivity index (χ4v) is 3.91. The first kappa shape index (κ1) is 14.1. The van der Waals surface area contributed by atoms with Crippen molar-refractivity contribution in [2.24, 2.45) is 13.0 Å². The third-order valence-corrected chi connectivity index (χ3v) is 5.14. The highest BCUT2D eigenvalue weighted by Gasteiger charge is 2.34. The Morgan fingerprint density at radius 2 is 2.10 bits per heavy atom. The molecule has 0 saturated carbocycles.